The number of aromatic amines is 1. The summed E-state index contributed by atoms with van der Waals surface area (Å²) in [6.45, 7) is 3.67. The number of likely N-dealkylation sites (tertiary alicyclic amines) is 1. The van der Waals surface area contributed by atoms with E-state index >= 15 is 0 Å². The van der Waals surface area contributed by atoms with Crippen LogP contribution >= 0.6 is 11.3 Å². The van der Waals surface area contributed by atoms with Gasteiger partial charge in [0, 0.05) is 20.2 Å². The molecule has 0 aliphatic carbocycles. The molecule has 1 amide bonds. The number of nitrogens with zero attached hydrogens (tertiary/aromatic N) is 2. The second-order valence-electron chi connectivity index (χ2n) is 5.89. The Balaban J connectivity index is 2.00. The second kappa shape index (κ2) is 6.80. The van der Waals surface area contributed by atoms with E-state index in [0.29, 0.717) is 20.9 Å². The summed E-state index contributed by atoms with van der Waals surface area (Å²) >= 11 is 1.31. The Hall–Kier alpha value is -1.73. The van der Waals surface area contributed by atoms with Crippen LogP contribution in [0.5, 0.6) is 0 Å². The Labute approximate surface area is 138 Å². The van der Waals surface area contributed by atoms with Crippen LogP contribution in [0, 0.1) is 6.92 Å². The molecule has 23 heavy (non-hydrogen) atoms. The summed E-state index contributed by atoms with van der Waals surface area (Å²) in [5.74, 6) is 0.514. The molecule has 0 atom stereocenters. The first kappa shape index (κ1) is 16.1. The van der Waals surface area contributed by atoms with Gasteiger partial charge in [-0.25, -0.2) is 4.98 Å². The molecule has 0 spiro atoms. The number of hydrogen-bond acceptors (Lipinski definition) is 5. The number of fused-ring (bicyclic) bond motifs is 1. The van der Waals surface area contributed by atoms with Gasteiger partial charge in [0.2, 0.25) is 0 Å². The molecule has 0 aromatic carbocycles. The molecule has 1 fully saturated rings. The summed E-state index contributed by atoms with van der Waals surface area (Å²) in [7, 11) is 1.55. The van der Waals surface area contributed by atoms with Gasteiger partial charge in [0.15, 0.2) is 0 Å². The van der Waals surface area contributed by atoms with E-state index in [4.69, 9.17) is 4.74 Å². The predicted molar refractivity (Wildman–Crippen MR) is 90.1 cm³/mol. The molecule has 6 nitrogen and oxygen atoms in total. The largest absolute Gasteiger partial charge is 0.377 e. The molecule has 7 heteroatoms. The molecule has 1 saturated heterocycles. The van der Waals surface area contributed by atoms with E-state index < -0.39 is 0 Å². The highest BCUT2D eigenvalue weighted by Gasteiger charge is 2.24. The number of aryl methyl sites for hydroxylation is 1. The van der Waals surface area contributed by atoms with Gasteiger partial charge in [-0.3, -0.25) is 9.59 Å². The topological polar surface area (TPSA) is 75.3 Å². The standard InChI is InChI=1S/C16H21N3O3S/c1-10-12-14(20)17-11(9-22-2)18-15(12)23-13(10)16(21)19-7-5-3-4-6-8-19/h3-9H2,1-2H3,(H,17,18,20). The van der Waals surface area contributed by atoms with Gasteiger partial charge in [-0.2, -0.15) is 0 Å². The Morgan fingerprint density at radius 3 is 2.65 bits per heavy atom. The lowest BCUT2D eigenvalue weighted by Gasteiger charge is -2.19. The molecule has 0 bridgehead atoms. The number of methoxy groups -OCH3 is 1. The van der Waals surface area contributed by atoms with Crippen LogP contribution < -0.4 is 5.56 Å². The molecule has 124 valence electrons. The molecule has 1 N–H and O–H groups in total. The smallest absolute Gasteiger partial charge is 0.264 e. The Morgan fingerprint density at radius 1 is 1.30 bits per heavy atom. The van der Waals surface area contributed by atoms with Crippen molar-refractivity contribution in [3.63, 3.8) is 0 Å². The SMILES string of the molecule is COCc1nc2sc(C(=O)N3CCCCCC3)c(C)c2c(=O)[nH]1. The van der Waals surface area contributed by atoms with Gasteiger partial charge >= 0.3 is 0 Å². The van der Waals surface area contributed by atoms with E-state index in [9.17, 15) is 9.59 Å². The molecule has 2 aromatic heterocycles. The number of H-pyrrole nitrogens is 1. The zero-order valence-corrected chi connectivity index (χ0v) is 14.3. The first-order valence-electron chi connectivity index (χ1n) is 7.92. The van der Waals surface area contributed by atoms with E-state index in [1.165, 1.54) is 24.2 Å². The Kier molecular flexibility index (Phi) is 4.77. The van der Waals surface area contributed by atoms with E-state index in [0.717, 1.165) is 31.5 Å². The zero-order chi connectivity index (χ0) is 16.4. The lowest BCUT2D eigenvalue weighted by atomic mass is 10.2. The number of carbonyl (C=O) groups excluding carboxylic acids is 1. The van der Waals surface area contributed by atoms with Crippen molar-refractivity contribution < 1.29 is 9.53 Å². The third kappa shape index (κ3) is 3.16. The summed E-state index contributed by atoms with van der Waals surface area (Å²) in [5, 5.41) is 0.521. The maximum absolute atomic E-state index is 12.8. The number of nitrogens with one attached hydrogen (secondary N) is 1. The van der Waals surface area contributed by atoms with Crippen LogP contribution in [0.15, 0.2) is 4.79 Å². The molecule has 2 aromatic rings. The highest BCUT2D eigenvalue weighted by atomic mass is 32.1. The number of thiophene rings is 1. The molecule has 0 unspecified atom stereocenters. The molecule has 3 rings (SSSR count). The van der Waals surface area contributed by atoms with Crippen molar-refractivity contribution in [3.8, 4) is 0 Å². The van der Waals surface area contributed by atoms with Crippen LogP contribution in [0.25, 0.3) is 10.2 Å². The van der Waals surface area contributed by atoms with Crippen molar-refractivity contribution >= 4 is 27.5 Å². The van der Waals surface area contributed by atoms with Crippen LogP contribution in [0.3, 0.4) is 0 Å². The quantitative estimate of drug-likeness (QED) is 0.935. The maximum atomic E-state index is 12.8. The lowest BCUT2D eigenvalue weighted by Crippen LogP contribution is -2.31. The Bertz CT molecular complexity index is 773. The van der Waals surface area contributed by atoms with Crippen LogP contribution in [0.2, 0.25) is 0 Å². The van der Waals surface area contributed by atoms with Gasteiger partial charge in [0.05, 0.1) is 10.3 Å². The molecular formula is C16H21N3O3S. The van der Waals surface area contributed by atoms with Gasteiger partial charge in [-0.1, -0.05) is 12.8 Å². The van der Waals surface area contributed by atoms with Crippen molar-refractivity contribution in [2.75, 3.05) is 20.2 Å². The number of hydrogen-bond donors (Lipinski definition) is 1. The first-order valence-corrected chi connectivity index (χ1v) is 8.74. The number of amides is 1. The maximum Gasteiger partial charge on any atom is 0.264 e. The van der Waals surface area contributed by atoms with E-state index in [1.807, 2.05) is 11.8 Å². The van der Waals surface area contributed by atoms with Crippen LogP contribution in [0.4, 0.5) is 0 Å². The average molecular weight is 335 g/mol. The number of aromatic nitrogens is 2. The van der Waals surface area contributed by atoms with E-state index in [2.05, 4.69) is 9.97 Å². The summed E-state index contributed by atoms with van der Waals surface area (Å²) in [4.78, 5) is 35.4. The minimum Gasteiger partial charge on any atom is -0.377 e. The van der Waals surface area contributed by atoms with Gasteiger partial charge < -0.3 is 14.6 Å². The number of rotatable bonds is 3. The molecule has 3 heterocycles. The monoisotopic (exact) mass is 335 g/mol. The summed E-state index contributed by atoms with van der Waals surface area (Å²) in [5.41, 5.74) is 0.530. The minimum atomic E-state index is -0.203. The highest BCUT2D eigenvalue weighted by Crippen LogP contribution is 2.28. The normalized spacial score (nSPS) is 15.8. The molecule has 1 aliphatic heterocycles. The highest BCUT2D eigenvalue weighted by molar-refractivity contribution is 7.20. The van der Waals surface area contributed by atoms with Gasteiger partial charge in [0.1, 0.15) is 17.3 Å². The van der Waals surface area contributed by atoms with Gasteiger partial charge in [0.25, 0.3) is 11.5 Å². The van der Waals surface area contributed by atoms with Crippen LogP contribution in [-0.2, 0) is 11.3 Å². The first-order chi connectivity index (χ1) is 11.1. The summed E-state index contributed by atoms with van der Waals surface area (Å²) in [6, 6.07) is 0. The van der Waals surface area contributed by atoms with Crippen molar-refractivity contribution in [1.82, 2.24) is 14.9 Å². The number of ether oxygens (including phenoxy) is 1. The lowest BCUT2D eigenvalue weighted by molar-refractivity contribution is 0.0766. The Morgan fingerprint density at radius 2 is 2.00 bits per heavy atom. The fourth-order valence-electron chi connectivity index (χ4n) is 3.01. The van der Waals surface area contributed by atoms with E-state index in [1.54, 1.807) is 7.11 Å². The molecular weight excluding hydrogens is 314 g/mol. The second-order valence-corrected chi connectivity index (χ2v) is 6.89. The fraction of sp³-hybridized carbons (Fsp3) is 0.562. The fourth-order valence-corrected chi connectivity index (χ4v) is 4.18. The van der Waals surface area contributed by atoms with Crippen molar-refractivity contribution in [1.29, 1.82) is 0 Å². The summed E-state index contributed by atoms with van der Waals surface area (Å²) in [6.07, 6.45) is 4.45. The van der Waals surface area contributed by atoms with Crippen molar-refractivity contribution in [2.24, 2.45) is 0 Å². The number of carbonyl (C=O) groups is 1. The van der Waals surface area contributed by atoms with E-state index in [-0.39, 0.29) is 18.1 Å². The van der Waals surface area contributed by atoms with Crippen molar-refractivity contribution in [3.05, 3.63) is 26.6 Å². The van der Waals surface area contributed by atoms with Gasteiger partial charge in [-0.05, 0) is 25.3 Å². The molecule has 0 radical (unpaired) electrons. The molecule has 0 saturated carbocycles. The minimum absolute atomic E-state index is 0.0279. The molecule has 1 aliphatic rings. The van der Waals surface area contributed by atoms with Gasteiger partial charge in [-0.15, -0.1) is 11.3 Å². The summed E-state index contributed by atoms with van der Waals surface area (Å²) < 4.78 is 5.02. The average Bonchev–Trinajstić information content (AvgIpc) is 2.71. The van der Waals surface area contributed by atoms with Crippen LogP contribution in [-0.4, -0.2) is 41.0 Å². The van der Waals surface area contributed by atoms with Crippen LogP contribution in [0.1, 0.15) is 46.7 Å². The predicted octanol–water partition coefficient (Wildman–Crippen LogP) is 2.46. The van der Waals surface area contributed by atoms with Crippen molar-refractivity contribution in [2.45, 2.75) is 39.2 Å². The zero-order valence-electron chi connectivity index (χ0n) is 13.5. The third-order valence-electron chi connectivity index (χ3n) is 4.22. The third-order valence-corrected chi connectivity index (χ3v) is 5.39.